The largest absolute Gasteiger partial charge is 0.324 e. The van der Waals surface area contributed by atoms with E-state index >= 15 is 0 Å². The van der Waals surface area contributed by atoms with Crippen molar-refractivity contribution in [2.75, 3.05) is 18.4 Å². The zero-order chi connectivity index (χ0) is 10.7. The Kier molecular flexibility index (Phi) is 3.26. The molecule has 0 radical (unpaired) electrons. The van der Waals surface area contributed by atoms with Crippen molar-refractivity contribution in [3.63, 3.8) is 0 Å². The van der Waals surface area contributed by atoms with Gasteiger partial charge in [-0.2, -0.15) is 11.3 Å². The fourth-order valence-electron chi connectivity index (χ4n) is 1.91. The van der Waals surface area contributed by atoms with Crippen molar-refractivity contribution in [2.45, 2.75) is 19.8 Å². The van der Waals surface area contributed by atoms with Crippen molar-refractivity contribution in [3.05, 3.63) is 16.8 Å². The Morgan fingerprint density at radius 2 is 2.53 bits per heavy atom. The zero-order valence-electron chi connectivity index (χ0n) is 8.90. The summed E-state index contributed by atoms with van der Waals surface area (Å²) >= 11 is 1.60. The summed E-state index contributed by atoms with van der Waals surface area (Å²) in [5.74, 6) is 0.631. The van der Waals surface area contributed by atoms with Crippen LogP contribution in [0.2, 0.25) is 0 Å². The molecule has 0 aromatic carbocycles. The van der Waals surface area contributed by atoms with E-state index in [1.807, 2.05) is 21.7 Å². The smallest absolute Gasteiger partial charge is 0.321 e. The van der Waals surface area contributed by atoms with E-state index in [9.17, 15) is 4.79 Å². The van der Waals surface area contributed by atoms with Crippen molar-refractivity contribution in [1.82, 2.24) is 4.90 Å². The van der Waals surface area contributed by atoms with Gasteiger partial charge in [0.25, 0.3) is 0 Å². The fraction of sp³-hybridized carbons (Fsp3) is 0.545. The molecule has 0 spiro atoms. The summed E-state index contributed by atoms with van der Waals surface area (Å²) in [7, 11) is 0. The van der Waals surface area contributed by atoms with E-state index in [-0.39, 0.29) is 6.03 Å². The minimum atomic E-state index is 0.0416. The molecule has 0 aliphatic carbocycles. The summed E-state index contributed by atoms with van der Waals surface area (Å²) in [6.45, 7) is 3.97. The Morgan fingerprint density at radius 1 is 1.67 bits per heavy atom. The fourth-order valence-corrected chi connectivity index (χ4v) is 2.50. The first-order valence-electron chi connectivity index (χ1n) is 5.34. The lowest BCUT2D eigenvalue weighted by Crippen LogP contribution is -2.41. The van der Waals surface area contributed by atoms with Crippen LogP contribution in [0.5, 0.6) is 0 Å². The minimum Gasteiger partial charge on any atom is -0.324 e. The molecule has 1 saturated heterocycles. The molecule has 1 aromatic rings. The Balaban J connectivity index is 1.90. The number of urea groups is 1. The third-order valence-electron chi connectivity index (χ3n) is 2.72. The van der Waals surface area contributed by atoms with Gasteiger partial charge in [-0.1, -0.05) is 6.92 Å². The summed E-state index contributed by atoms with van der Waals surface area (Å²) in [5.41, 5.74) is 0.906. The average Bonchev–Trinajstić information content (AvgIpc) is 2.70. The molecule has 1 N–H and O–H groups in total. The summed E-state index contributed by atoms with van der Waals surface area (Å²) in [6, 6.07) is 1.97. The van der Waals surface area contributed by atoms with Gasteiger partial charge in [-0.3, -0.25) is 0 Å². The summed E-state index contributed by atoms with van der Waals surface area (Å²) in [4.78, 5) is 13.7. The van der Waals surface area contributed by atoms with Crippen LogP contribution in [0.15, 0.2) is 16.8 Å². The number of hydrogen-bond donors (Lipinski definition) is 1. The second-order valence-corrected chi connectivity index (χ2v) is 4.92. The molecule has 82 valence electrons. The van der Waals surface area contributed by atoms with Gasteiger partial charge in [0, 0.05) is 18.5 Å². The van der Waals surface area contributed by atoms with Crippen molar-refractivity contribution in [1.29, 1.82) is 0 Å². The van der Waals surface area contributed by atoms with E-state index in [2.05, 4.69) is 12.2 Å². The number of piperidine rings is 1. The van der Waals surface area contributed by atoms with Crippen LogP contribution >= 0.6 is 11.3 Å². The van der Waals surface area contributed by atoms with Gasteiger partial charge in [0.05, 0.1) is 5.69 Å². The topological polar surface area (TPSA) is 32.3 Å². The quantitative estimate of drug-likeness (QED) is 0.781. The van der Waals surface area contributed by atoms with Crippen molar-refractivity contribution in [3.8, 4) is 0 Å². The Bertz CT molecular complexity index is 323. The van der Waals surface area contributed by atoms with Gasteiger partial charge in [0.2, 0.25) is 0 Å². The first-order chi connectivity index (χ1) is 7.25. The highest BCUT2D eigenvalue weighted by Gasteiger charge is 2.20. The molecule has 1 aliphatic heterocycles. The third kappa shape index (κ3) is 2.72. The number of nitrogens with one attached hydrogen (secondary N) is 1. The molecular weight excluding hydrogens is 208 g/mol. The molecule has 1 unspecified atom stereocenters. The molecule has 1 fully saturated rings. The van der Waals surface area contributed by atoms with Crippen LogP contribution in [0.25, 0.3) is 0 Å². The molecule has 1 aromatic heterocycles. The Morgan fingerprint density at radius 3 is 3.20 bits per heavy atom. The zero-order valence-corrected chi connectivity index (χ0v) is 9.72. The number of amides is 2. The van der Waals surface area contributed by atoms with Gasteiger partial charge in [-0.05, 0) is 30.2 Å². The number of rotatable bonds is 1. The predicted octanol–water partition coefficient (Wildman–Crippen LogP) is 3.01. The normalized spacial score (nSPS) is 21.4. The highest BCUT2D eigenvalue weighted by Crippen LogP contribution is 2.17. The summed E-state index contributed by atoms with van der Waals surface area (Å²) < 4.78 is 0. The van der Waals surface area contributed by atoms with Crippen LogP contribution in [0.4, 0.5) is 10.5 Å². The monoisotopic (exact) mass is 224 g/mol. The number of carbonyl (C=O) groups excluding carboxylic acids is 1. The van der Waals surface area contributed by atoms with Gasteiger partial charge in [0.15, 0.2) is 0 Å². The van der Waals surface area contributed by atoms with Crippen molar-refractivity contribution in [2.24, 2.45) is 5.92 Å². The van der Waals surface area contributed by atoms with E-state index in [1.54, 1.807) is 11.3 Å². The lowest BCUT2D eigenvalue weighted by atomic mass is 10.0. The van der Waals surface area contributed by atoms with Crippen molar-refractivity contribution < 1.29 is 4.79 Å². The van der Waals surface area contributed by atoms with Crippen molar-refractivity contribution >= 4 is 23.1 Å². The minimum absolute atomic E-state index is 0.0416. The summed E-state index contributed by atoms with van der Waals surface area (Å²) in [5, 5.41) is 6.83. The van der Waals surface area contributed by atoms with Gasteiger partial charge in [-0.25, -0.2) is 4.79 Å². The number of nitrogens with zero attached hydrogens (tertiary/aromatic N) is 1. The van der Waals surface area contributed by atoms with Crippen LogP contribution in [-0.4, -0.2) is 24.0 Å². The van der Waals surface area contributed by atoms with E-state index in [0.29, 0.717) is 5.92 Å². The maximum absolute atomic E-state index is 11.8. The number of likely N-dealkylation sites (tertiary alicyclic amines) is 1. The lowest BCUT2D eigenvalue weighted by molar-refractivity contribution is 0.182. The Labute approximate surface area is 94.1 Å². The highest BCUT2D eigenvalue weighted by molar-refractivity contribution is 7.08. The van der Waals surface area contributed by atoms with Crippen LogP contribution in [-0.2, 0) is 0 Å². The second kappa shape index (κ2) is 4.66. The second-order valence-electron chi connectivity index (χ2n) is 4.14. The lowest BCUT2D eigenvalue weighted by Gasteiger charge is -2.30. The number of thiophene rings is 1. The van der Waals surface area contributed by atoms with Gasteiger partial charge in [-0.15, -0.1) is 0 Å². The predicted molar refractivity (Wildman–Crippen MR) is 63.3 cm³/mol. The maximum Gasteiger partial charge on any atom is 0.321 e. The first kappa shape index (κ1) is 10.5. The molecule has 1 atom stereocenters. The van der Waals surface area contributed by atoms with E-state index in [0.717, 1.165) is 25.2 Å². The van der Waals surface area contributed by atoms with Crippen LogP contribution in [0.1, 0.15) is 19.8 Å². The summed E-state index contributed by atoms with van der Waals surface area (Å²) in [6.07, 6.45) is 2.36. The SMILES string of the molecule is CC1CCCN(C(=O)Nc2ccsc2)C1. The average molecular weight is 224 g/mol. The molecule has 2 rings (SSSR count). The number of hydrogen-bond acceptors (Lipinski definition) is 2. The van der Waals surface area contributed by atoms with E-state index < -0.39 is 0 Å². The number of anilines is 1. The standard InChI is InChI=1S/C11H16N2OS/c1-9-3-2-5-13(7-9)11(14)12-10-4-6-15-8-10/h4,6,8-9H,2-3,5,7H2,1H3,(H,12,14). The van der Waals surface area contributed by atoms with Gasteiger partial charge >= 0.3 is 6.03 Å². The van der Waals surface area contributed by atoms with Gasteiger partial charge < -0.3 is 10.2 Å². The van der Waals surface area contributed by atoms with Gasteiger partial charge in [0.1, 0.15) is 0 Å². The molecular formula is C11H16N2OS. The molecule has 15 heavy (non-hydrogen) atoms. The molecule has 0 bridgehead atoms. The third-order valence-corrected chi connectivity index (χ3v) is 3.40. The van der Waals surface area contributed by atoms with E-state index in [1.165, 1.54) is 6.42 Å². The molecule has 2 heterocycles. The highest BCUT2D eigenvalue weighted by atomic mass is 32.1. The molecule has 3 nitrogen and oxygen atoms in total. The molecule has 4 heteroatoms. The van der Waals surface area contributed by atoms with Crippen LogP contribution < -0.4 is 5.32 Å². The molecule has 0 saturated carbocycles. The number of carbonyl (C=O) groups is 1. The van der Waals surface area contributed by atoms with Crippen LogP contribution in [0.3, 0.4) is 0 Å². The molecule has 1 aliphatic rings. The van der Waals surface area contributed by atoms with E-state index in [4.69, 9.17) is 0 Å². The maximum atomic E-state index is 11.8. The van der Waals surface area contributed by atoms with Crippen LogP contribution in [0, 0.1) is 5.92 Å². The Hall–Kier alpha value is -1.03. The first-order valence-corrected chi connectivity index (χ1v) is 6.28. The molecule has 2 amide bonds.